The third-order valence-electron chi connectivity index (χ3n) is 2.55. The molecule has 0 saturated heterocycles. The number of amides is 1. The molecule has 0 radical (unpaired) electrons. The molecule has 2 rings (SSSR count). The quantitative estimate of drug-likeness (QED) is 0.872. The SMILES string of the molecule is Cc1ncccc1C(=O)Nc1ccccc1C#N. The van der Waals surface area contributed by atoms with E-state index < -0.39 is 0 Å². The van der Waals surface area contributed by atoms with Crippen LogP contribution in [0.2, 0.25) is 0 Å². The smallest absolute Gasteiger partial charge is 0.257 e. The lowest BCUT2D eigenvalue weighted by atomic mass is 10.1. The molecule has 0 unspecified atom stereocenters. The van der Waals surface area contributed by atoms with Crippen LogP contribution in [0.1, 0.15) is 21.6 Å². The predicted molar refractivity (Wildman–Crippen MR) is 68.1 cm³/mol. The number of aryl methyl sites for hydroxylation is 1. The molecule has 18 heavy (non-hydrogen) atoms. The maximum Gasteiger partial charge on any atom is 0.257 e. The summed E-state index contributed by atoms with van der Waals surface area (Å²) in [4.78, 5) is 16.1. The second-order valence-corrected chi connectivity index (χ2v) is 3.75. The molecule has 4 nitrogen and oxygen atoms in total. The van der Waals surface area contributed by atoms with Crippen molar-refractivity contribution in [2.45, 2.75) is 6.92 Å². The molecule has 0 aliphatic carbocycles. The maximum atomic E-state index is 12.0. The fraction of sp³-hybridized carbons (Fsp3) is 0.0714. The Bertz CT molecular complexity index is 629. The van der Waals surface area contributed by atoms with E-state index in [1.807, 2.05) is 6.07 Å². The van der Waals surface area contributed by atoms with E-state index in [0.717, 1.165) is 0 Å². The molecule has 1 aromatic heterocycles. The third kappa shape index (κ3) is 2.36. The molecule has 0 bridgehead atoms. The summed E-state index contributed by atoms with van der Waals surface area (Å²) in [6.07, 6.45) is 1.63. The van der Waals surface area contributed by atoms with Crippen LogP contribution in [0.4, 0.5) is 5.69 Å². The van der Waals surface area contributed by atoms with Crippen LogP contribution in [0, 0.1) is 18.3 Å². The van der Waals surface area contributed by atoms with E-state index in [0.29, 0.717) is 22.5 Å². The first kappa shape index (κ1) is 11.8. The Hall–Kier alpha value is -2.67. The van der Waals surface area contributed by atoms with Gasteiger partial charge >= 0.3 is 0 Å². The van der Waals surface area contributed by atoms with E-state index in [4.69, 9.17) is 5.26 Å². The summed E-state index contributed by atoms with van der Waals surface area (Å²) in [5.41, 5.74) is 2.11. The van der Waals surface area contributed by atoms with Crippen molar-refractivity contribution in [3.63, 3.8) is 0 Å². The summed E-state index contributed by atoms with van der Waals surface area (Å²) in [5, 5.41) is 11.7. The molecule has 0 saturated carbocycles. The number of nitrogens with zero attached hydrogens (tertiary/aromatic N) is 2. The minimum atomic E-state index is -0.261. The number of carbonyl (C=O) groups excluding carboxylic acids is 1. The zero-order valence-electron chi connectivity index (χ0n) is 9.84. The van der Waals surface area contributed by atoms with E-state index in [2.05, 4.69) is 10.3 Å². The molecular weight excluding hydrogens is 226 g/mol. The second-order valence-electron chi connectivity index (χ2n) is 3.75. The first-order valence-electron chi connectivity index (χ1n) is 5.44. The van der Waals surface area contributed by atoms with Gasteiger partial charge in [-0.05, 0) is 31.2 Å². The summed E-state index contributed by atoms with van der Waals surface area (Å²) >= 11 is 0. The maximum absolute atomic E-state index is 12.0. The highest BCUT2D eigenvalue weighted by atomic mass is 16.1. The van der Waals surface area contributed by atoms with E-state index in [1.165, 1.54) is 0 Å². The molecule has 1 N–H and O–H groups in total. The molecule has 1 amide bonds. The fourth-order valence-corrected chi connectivity index (χ4v) is 1.60. The minimum absolute atomic E-state index is 0.261. The van der Waals surface area contributed by atoms with Crippen molar-refractivity contribution in [1.82, 2.24) is 4.98 Å². The normalized spacial score (nSPS) is 9.56. The molecule has 1 aromatic carbocycles. The van der Waals surface area contributed by atoms with Crippen molar-refractivity contribution >= 4 is 11.6 Å². The standard InChI is InChI=1S/C14H11N3O/c1-10-12(6-4-8-16-10)14(18)17-13-7-3-2-5-11(13)9-15/h2-8H,1H3,(H,17,18). The lowest BCUT2D eigenvalue weighted by molar-refractivity contribution is 0.102. The van der Waals surface area contributed by atoms with Gasteiger partial charge in [0, 0.05) is 11.9 Å². The number of hydrogen-bond donors (Lipinski definition) is 1. The molecule has 0 aliphatic rings. The molecule has 0 aliphatic heterocycles. The van der Waals surface area contributed by atoms with E-state index in [9.17, 15) is 4.79 Å². The zero-order valence-corrected chi connectivity index (χ0v) is 9.84. The van der Waals surface area contributed by atoms with Gasteiger partial charge in [0.1, 0.15) is 6.07 Å². The number of para-hydroxylation sites is 1. The van der Waals surface area contributed by atoms with Crippen LogP contribution in [0.3, 0.4) is 0 Å². The van der Waals surface area contributed by atoms with Crippen LogP contribution in [0.5, 0.6) is 0 Å². The largest absolute Gasteiger partial charge is 0.321 e. The van der Waals surface area contributed by atoms with Gasteiger partial charge in [-0.25, -0.2) is 0 Å². The molecule has 0 spiro atoms. The van der Waals surface area contributed by atoms with Gasteiger partial charge < -0.3 is 5.32 Å². The minimum Gasteiger partial charge on any atom is -0.321 e. The summed E-state index contributed by atoms with van der Waals surface area (Å²) in [6.45, 7) is 1.77. The number of benzene rings is 1. The summed E-state index contributed by atoms with van der Waals surface area (Å²) in [6, 6.07) is 12.3. The molecule has 2 aromatic rings. The highest BCUT2D eigenvalue weighted by Gasteiger charge is 2.11. The average Bonchev–Trinajstić information content (AvgIpc) is 2.39. The van der Waals surface area contributed by atoms with E-state index >= 15 is 0 Å². The van der Waals surface area contributed by atoms with Gasteiger partial charge in [0.25, 0.3) is 5.91 Å². The number of hydrogen-bond acceptors (Lipinski definition) is 3. The molecule has 1 heterocycles. The highest BCUT2D eigenvalue weighted by Crippen LogP contribution is 2.15. The van der Waals surface area contributed by atoms with Crippen molar-refractivity contribution in [3.8, 4) is 6.07 Å². The number of anilines is 1. The number of rotatable bonds is 2. The Morgan fingerprint density at radius 1 is 1.28 bits per heavy atom. The summed E-state index contributed by atoms with van der Waals surface area (Å²) < 4.78 is 0. The first-order chi connectivity index (χ1) is 8.72. The van der Waals surface area contributed by atoms with Crippen LogP contribution >= 0.6 is 0 Å². The van der Waals surface area contributed by atoms with Crippen LogP contribution in [-0.4, -0.2) is 10.9 Å². The van der Waals surface area contributed by atoms with Crippen LogP contribution in [0.25, 0.3) is 0 Å². The molecule has 4 heteroatoms. The molecule has 88 valence electrons. The van der Waals surface area contributed by atoms with Crippen molar-refractivity contribution in [3.05, 3.63) is 59.4 Å². The third-order valence-corrected chi connectivity index (χ3v) is 2.55. The Kier molecular flexibility index (Phi) is 3.35. The highest BCUT2D eigenvalue weighted by molar-refractivity contribution is 6.05. The zero-order chi connectivity index (χ0) is 13.0. The number of nitriles is 1. The molecule has 0 atom stereocenters. The van der Waals surface area contributed by atoms with Gasteiger partial charge in [-0.1, -0.05) is 12.1 Å². The lowest BCUT2D eigenvalue weighted by Gasteiger charge is -2.07. The van der Waals surface area contributed by atoms with Gasteiger partial charge in [0.05, 0.1) is 16.8 Å². The van der Waals surface area contributed by atoms with Crippen LogP contribution in [0.15, 0.2) is 42.6 Å². The van der Waals surface area contributed by atoms with Crippen LogP contribution < -0.4 is 5.32 Å². The average molecular weight is 237 g/mol. The molecule has 0 fully saturated rings. The van der Waals surface area contributed by atoms with Crippen molar-refractivity contribution < 1.29 is 4.79 Å². The van der Waals surface area contributed by atoms with Crippen LogP contribution in [-0.2, 0) is 0 Å². The van der Waals surface area contributed by atoms with Crippen molar-refractivity contribution in [1.29, 1.82) is 5.26 Å². The Labute approximate surface area is 105 Å². The summed E-state index contributed by atoms with van der Waals surface area (Å²) in [7, 11) is 0. The topological polar surface area (TPSA) is 65.8 Å². The van der Waals surface area contributed by atoms with Gasteiger partial charge in [-0.15, -0.1) is 0 Å². The Balaban J connectivity index is 2.28. The van der Waals surface area contributed by atoms with Crippen molar-refractivity contribution in [2.75, 3.05) is 5.32 Å². The fourth-order valence-electron chi connectivity index (χ4n) is 1.60. The number of pyridine rings is 1. The first-order valence-corrected chi connectivity index (χ1v) is 5.44. The number of aromatic nitrogens is 1. The van der Waals surface area contributed by atoms with E-state index in [-0.39, 0.29) is 5.91 Å². The summed E-state index contributed by atoms with van der Waals surface area (Å²) in [5.74, 6) is -0.261. The lowest BCUT2D eigenvalue weighted by Crippen LogP contribution is -2.14. The predicted octanol–water partition coefficient (Wildman–Crippen LogP) is 2.51. The van der Waals surface area contributed by atoms with Gasteiger partial charge in [0.15, 0.2) is 0 Å². The Morgan fingerprint density at radius 2 is 2.06 bits per heavy atom. The monoisotopic (exact) mass is 237 g/mol. The van der Waals surface area contributed by atoms with Gasteiger partial charge in [0.2, 0.25) is 0 Å². The van der Waals surface area contributed by atoms with Gasteiger partial charge in [-0.3, -0.25) is 9.78 Å². The van der Waals surface area contributed by atoms with Crippen molar-refractivity contribution in [2.24, 2.45) is 0 Å². The number of carbonyl (C=O) groups is 1. The molecular formula is C14H11N3O. The Morgan fingerprint density at radius 3 is 2.78 bits per heavy atom. The van der Waals surface area contributed by atoms with Gasteiger partial charge in [-0.2, -0.15) is 5.26 Å². The second kappa shape index (κ2) is 5.11. The number of nitrogens with one attached hydrogen (secondary N) is 1. The van der Waals surface area contributed by atoms with E-state index in [1.54, 1.807) is 49.5 Å².